The summed E-state index contributed by atoms with van der Waals surface area (Å²) in [6, 6.07) is 2.72. The van der Waals surface area contributed by atoms with E-state index in [2.05, 4.69) is 29.0 Å². The lowest BCUT2D eigenvalue weighted by Crippen LogP contribution is -2.61. The van der Waals surface area contributed by atoms with Gasteiger partial charge >= 0.3 is 0 Å². The molecule has 0 aromatic carbocycles. The van der Waals surface area contributed by atoms with Gasteiger partial charge in [-0.2, -0.15) is 0 Å². The highest BCUT2D eigenvalue weighted by Crippen LogP contribution is 2.26. The van der Waals surface area contributed by atoms with Crippen molar-refractivity contribution in [3.63, 3.8) is 0 Å². The fraction of sp³-hybridized carbons (Fsp3) is 0.636. The van der Waals surface area contributed by atoms with Gasteiger partial charge in [-0.25, -0.2) is 4.98 Å². The van der Waals surface area contributed by atoms with Crippen LogP contribution in [-0.4, -0.2) is 94.9 Å². The lowest BCUT2D eigenvalue weighted by molar-refractivity contribution is -0.146. The van der Waals surface area contributed by atoms with E-state index >= 15 is 0 Å². The Balaban J connectivity index is 1.68. The van der Waals surface area contributed by atoms with Gasteiger partial charge in [-0.15, -0.1) is 0 Å². The van der Waals surface area contributed by atoms with Crippen LogP contribution in [0.1, 0.15) is 37.6 Å². The van der Waals surface area contributed by atoms with Crippen molar-refractivity contribution in [1.29, 1.82) is 0 Å². The first-order valence-corrected chi connectivity index (χ1v) is 11.0. The molecule has 0 spiro atoms. The monoisotopic (exact) mass is 429 g/mol. The molecular formula is C22H31N5O4. The number of rotatable bonds is 2. The molecule has 1 aromatic heterocycles. The van der Waals surface area contributed by atoms with Gasteiger partial charge in [-0.1, -0.05) is 13.8 Å². The molecule has 2 fully saturated rings. The van der Waals surface area contributed by atoms with E-state index in [0.29, 0.717) is 44.1 Å². The molecule has 2 bridgehead atoms. The molecule has 9 nitrogen and oxygen atoms in total. The minimum absolute atomic E-state index is 0.0153. The average molecular weight is 430 g/mol. The Morgan fingerprint density at radius 2 is 2.10 bits per heavy atom. The van der Waals surface area contributed by atoms with Crippen LogP contribution in [0.5, 0.6) is 5.88 Å². The standard InChI is InChI=1S/C22H31N5O4/c1-14(2)10-26-11-16-9-19(26)22(30)27-8-7-25(15(3)28)12-17(27)13-31-21-18(20(29)24-16)5-4-6-23-21/h4-6,14,16-17,19H,7-13H2,1-3H3,(H,24,29)/t16-,17+,19+/m1/s1. The number of hydrogen-bond donors (Lipinski definition) is 1. The highest BCUT2D eigenvalue weighted by atomic mass is 16.5. The molecule has 3 aliphatic rings. The highest BCUT2D eigenvalue weighted by molar-refractivity contribution is 5.96. The van der Waals surface area contributed by atoms with Gasteiger partial charge < -0.3 is 19.9 Å². The maximum Gasteiger partial charge on any atom is 0.257 e. The van der Waals surface area contributed by atoms with Crippen molar-refractivity contribution in [2.75, 3.05) is 39.3 Å². The number of nitrogens with one attached hydrogen (secondary N) is 1. The molecule has 1 aromatic rings. The zero-order chi connectivity index (χ0) is 22.1. The molecule has 1 N–H and O–H groups in total. The van der Waals surface area contributed by atoms with Gasteiger partial charge in [0, 0.05) is 51.9 Å². The smallest absolute Gasteiger partial charge is 0.257 e. The first-order valence-electron chi connectivity index (χ1n) is 11.0. The number of carbonyl (C=O) groups excluding carboxylic acids is 3. The van der Waals surface area contributed by atoms with E-state index in [1.807, 2.05) is 4.90 Å². The lowest BCUT2D eigenvalue weighted by Gasteiger charge is -2.42. The predicted molar refractivity (Wildman–Crippen MR) is 114 cm³/mol. The molecule has 3 amide bonds. The molecule has 0 saturated carbocycles. The van der Waals surface area contributed by atoms with Crippen molar-refractivity contribution < 1.29 is 19.1 Å². The van der Waals surface area contributed by atoms with Gasteiger partial charge in [0.15, 0.2) is 0 Å². The van der Waals surface area contributed by atoms with Crippen LogP contribution in [0.15, 0.2) is 18.3 Å². The van der Waals surface area contributed by atoms with Gasteiger partial charge in [-0.05, 0) is 24.5 Å². The van der Waals surface area contributed by atoms with Crippen LogP contribution in [0, 0.1) is 5.92 Å². The number of hydrogen-bond acceptors (Lipinski definition) is 6. The number of carbonyl (C=O) groups is 3. The summed E-state index contributed by atoms with van der Waals surface area (Å²) in [6.45, 7) is 8.81. The summed E-state index contributed by atoms with van der Waals surface area (Å²) in [6.07, 6.45) is 2.16. The zero-order valence-electron chi connectivity index (χ0n) is 18.4. The highest BCUT2D eigenvalue weighted by Gasteiger charge is 2.43. The zero-order valence-corrected chi connectivity index (χ0v) is 18.4. The number of aromatic nitrogens is 1. The van der Waals surface area contributed by atoms with Gasteiger partial charge in [-0.3, -0.25) is 19.3 Å². The van der Waals surface area contributed by atoms with Gasteiger partial charge in [0.1, 0.15) is 12.2 Å². The molecule has 0 aliphatic carbocycles. The third-order valence-electron chi connectivity index (χ3n) is 6.26. The predicted octanol–water partition coefficient (Wildman–Crippen LogP) is 0.362. The normalized spacial score (nSPS) is 27.0. The van der Waals surface area contributed by atoms with Crippen LogP contribution in [0.2, 0.25) is 0 Å². The quantitative estimate of drug-likeness (QED) is 0.730. The summed E-state index contributed by atoms with van der Waals surface area (Å²) in [5.41, 5.74) is 0.388. The SMILES string of the molecule is CC(=O)N1CCN2C(=O)[C@@H]3C[C@H](CN3CC(C)C)NC(=O)c3cccnc3OC[C@@H]2C1. The van der Waals surface area contributed by atoms with Crippen molar-refractivity contribution in [2.24, 2.45) is 5.92 Å². The van der Waals surface area contributed by atoms with Crippen LogP contribution in [0.25, 0.3) is 0 Å². The van der Waals surface area contributed by atoms with Crippen molar-refractivity contribution in [1.82, 2.24) is 25.0 Å². The van der Waals surface area contributed by atoms with Crippen molar-refractivity contribution in [3.8, 4) is 5.88 Å². The number of nitrogens with zero attached hydrogens (tertiary/aromatic N) is 4. The summed E-state index contributed by atoms with van der Waals surface area (Å²) in [7, 11) is 0. The molecule has 168 valence electrons. The fourth-order valence-electron chi connectivity index (χ4n) is 4.82. The third kappa shape index (κ3) is 4.51. The summed E-state index contributed by atoms with van der Waals surface area (Å²) < 4.78 is 5.94. The molecule has 0 radical (unpaired) electrons. The average Bonchev–Trinajstić information content (AvgIpc) is 3.12. The van der Waals surface area contributed by atoms with Gasteiger partial charge in [0.25, 0.3) is 5.91 Å². The molecule has 31 heavy (non-hydrogen) atoms. The second kappa shape index (κ2) is 8.82. The van der Waals surface area contributed by atoms with E-state index in [9.17, 15) is 14.4 Å². The number of fused-ring (bicyclic) bond motifs is 4. The van der Waals surface area contributed by atoms with Crippen LogP contribution in [0.4, 0.5) is 0 Å². The molecule has 2 saturated heterocycles. The maximum atomic E-state index is 13.6. The van der Waals surface area contributed by atoms with Crippen molar-refractivity contribution >= 4 is 17.7 Å². The number of likely N-dealkylation sites (tertiary alicyclic amines) is 1. The number of ether oxygens (including phenoxy) is 1. The summed E-state index contributed by atoms with van der Waals surface area (Å²) in [5.74, 6) is 0.451. The Morgan fingerprint density at radius 3 is 2.84 bits per heavy atom. The minimum atomic E-state index is -0.289. The molecule has 3 aliphatic heterocycles. The Hall–Kier alpha value is -2.68. The lowest BCUT2D eigenvalue weighted by atomic mass is 10.1. The molecule has 9 heteroatoms. The van der Waals surface area contributed by atoms with Crippen LogP contribution in [0.3, 0.4) is 0 Å². The van der Waals surface area contributed by atoms with E-state index in [1.54, 1.807) is 30.2 Å². The van der Waals surface area contributed by atoms with Crippen molar-refractivity contribution in [2.45, 2.75) is 45.3 Å². The minimum Gasteiger partial charge on any atom is -0.475 e. The fourth-order valence-corrected chi connectivity index (χ4v) is 4.82. The van der Waals surface area contributed by atoms with E-state index in [1.165, 1.54) is 0 Å². The first kappa shape index (κ1) is 21.5. The first-order chi connectivity index (χ1) is 14.8. The Bertz CT molecular complexity index is 860. The Labute approximate surface area is 182 Å². The topological polar surface area (TPSA) is 95.1 Å². The van der Waals surface area contributed by atoms with Crippen LogP contribution in [-0.2, 0) is 9.59 Å². The summed E-state index contributed by atoms with van der Waals surface area (Å²) in [5, 5.41) is 3.08. The van der Waals surface area contributed by atoms with Crippen LogP contribution < -0.4 is 10.1 Å². The van der Waals surface area contributed by atoms with E-state index in [0.717, 1.165) is 6.54 Å². The summed E-state index contributed by atoms with van der Waals surface area (Å²) in [4.78, 5) is 48.6. The number of piperazine rings is 1. The van der Waals surface area contributed by atoms with Crippen molar-refractivity contribution in [3.05, 3.63) is 23.9 Å². The van der Waals surface area contributed by atoms with E-state index in [4.69, 9.17) is 4.74 Å². The molecule has 0 unspecified atom stereocenters. The van der Waals surface area contributed by atoms with E-state index in [-0.39, 0.29) is 48.3 Å². The van der Waals surface area contributed by atoms with E-state index < -0.39 is 0 Å². The second-order valence-corrected chi connectivity index (χ2v) is 9.09. The second-order valence-electron chi connectivity index (χ2n) is 9.09. The largest absolute Gasteiger partial charge is 0.475 e. The molecular weight excluding hydrogens is 398 g/mol. The van der Waals surface area contributed by atoms with Gasteiger partial charge in [0.05, 0.1) is 12.1 Å². The molecule has 4 rings (SSSR count). The number of amides is 3. The Morgan fingerprint density at radius 1 is 1.29 bits per heavy atom. The number of pyridine rings is 1. The summed E-state index contributed by atoms with van der Waals surface area (Å²) >= 11 is 0. The van der Waals surface area contributed by atoms with Gasteiger partial charge in [0.2, 0.25) is 17.7 Å². The molecule has 3 atom stereocenters. The third-order valence-corrected chi connectivity index (χ3v) is 6.26. The maximum absolute atomic E-state index is 13.6. The molecule has 4 heterocycles. The van der Waals surface area contributed by atoms with Crippen LogP contribution >= 0.6 is 0 Å². The Kier molecular flexibility index (Phi) is 6.13.